The average molecular weight is 238 g/mol. The van der Waals surface area contributed by atoms with Crippen LogP contribution in [0.5, 0.6) is 0 Å². The Balaban J connectivity index is 1.78. The first-order chi connectivity index (χ1) is 7.74. The summed E-state index contributed by atoms with van der Waals surface area (Å²) in [6.45, 7) is 3.17. The SMILES string of the molecule is CC1CC(NC(=O)Cc2cccs2)CCN1. The van der Waals surface area contributed by atoms with Gasteiger partial charge in [0.15, 0.2) is 0 Å². The molecule has 0 bridgehead atoms. The number of thiophene rings is 1. The lowest BCUT2D eigenvalue weighted by Crippen LogP contribution is -2.46. The molecule has 2 heterocycles. The molecule has 0 aromatic carbocycles. The number of carbonyl (C=O) groups is 1. The third-order valence-corrected chi connectivity index (χ3v) is 3.78. The molecule has 1 saturated heterocycles. The zero-order valence-electron chi connectivity index (χ0n) is 9.53. The Morgan fingerprint density at radius 3 is 3.25 bits per heavy atom. The van der Waals surface area contributed by atoms with Crippen molar-refractivity contribution in [1.82, 2.24) is 10.6 Å². The van der Waals surface area contributed by atoms with E-state index in [1.807, 2.05) is 17.5 Å². The van der Waals surface area contributed by atoms with Crippen LogP contribution in [0.1, 0.15) is 24.6 Å². The number of hydrogen-bond donors (Lipinski definition) is 2. The minimum absolute atomic E-state index is 0.154. The predicted molar refractivity (Wildman–Crippen MR) is 66.7 cm³/mol. The van der Waals surface area contributed by atoms with E-state index >= 15 is 0 Å². The van der Waals surface area contributed by atoms with E-state index in [1.54, 1.807) is 11.3 Å². The first-order valence-electron chi connectivity index (χ1n) is 5.79. The molecule has 2 unspecified atom stereocenters. The van der Waals surface area contributed by atoms with Crippen molar-refractivity contribution in [2.45, 2.75) is 38.3 Å². The van der Waals surface area contributed by atoms with Gasteiger partial charge < -0.3 is 10.6 Å². The van der Waals surface area contributed by atoms with Crippen LogP contribution in [0.25, 0.3) is 0 Å². The molecule has 2 N–H and O–H groups in total. The van der Waals surface area contributed by atoms with Crippen molar-refractivity contribution in [2.75, 3.05) is 6.54 Å². The zero-order valence-corrected chi connectivity index (χ0v) is 10.3. The number of rotatable bonds is 3. The van der Waals surface area contributed by atoms with E-state index in [1.165, 1.54) is 0 Å². The van der Waals surface area contributed by atoms with Gasteiger partial charge in [-0.05, 0) is 37.8 Å². The van der Waals surface area contributed by atoms with Crippen LogP contribution in [0.2, 0.25) is 0 Å². The maximum absolute atomic E-state index is 11.8. The van der Waals surface area contributed by atoms with Gasteiger partial charge in [-0.25, -0.2) is 0 Å². The topological polar surface area (TPSA) is 41.1 Å². The summed E-state index contributed by atoms with van der Waals surface area (Å²) in [5.41, 5.74) is 0. The third kappa shape index (κ3) is 3.32. The largest absolute Gasteiger partial charge is 0.353 e. The fraction of sp³-hybridized carbons (Fsp3) is 0.583. The summed E-state index contributed by atoms with van der Waals surface area (Å²) in [4.78, 5) is 12.9. The molecule has 0 radical (unpaired) electrons. The van der Waals surface area contributed by atoms with Gasteiger partial charge in [-0.3, -0.25) is 4.79 Å². The van der Waals surface area contributed by atoms with Gasteiger partial charge in [0.05, 0.1) is 6.42 Å². The van der Waals surface area contributed by atoms with Gasteiger partial charge in [0.2, 0.25) is 5.91 Å². The molecule has 2 atom stereocenters. The van der Waals surface area contributed by atoms with Gasteiger partial charge in [-0.15, -0.1) is 11.3 Å². The summed E-state index contributed by atoms with van der Waals surface area (Å²) in [6, 6.07) is 4.86. The number of amides is 1. The normalized spacial score (nSPS) is 25.3. The van der Waals surface area contributed by atoms with Gasteiger partial charge >= 0.3 is 0 Å². The van der Waals surface area contributed by atoms with Gasteiger partial charge in [0.1, 0.15) is 0 Å². The molecule has 0 saturated carbocycles. The second kappa shape index (κ2) is 5.46. The van der Waals surface area contributed by atoms with Gasteiger partial charge in [-0.2, -0.15) is 0 Å². The van der Waals surface area contributed by atoms with Crippen molar-refractivity contribution >= 4 is 17.2 Å². The van der Waals surface area contributed by atoms with Crippen LogP contribution in [0.4, 0.5) is 0 Å². The summed E-state index contributed by atoms with van der Waals surface area (Å²) >= 11 is 1.64. The van der Waals surface area contributed by atoms with E-state index in [-0.39, 0.29) is 5.91 Å². The molecule has 1 aliphatic heterocycles. The lowest BCUT2D eigenvalue weighted by atomic mass is 10.0. The maximum Gasteiger partial charge on any atom is 0.225 e. The highest BCUT2D eigenvalue weighted by Crippen LogP contribution is 2.11. The van der Waals surface area contributed by atoms with E-state index in [9.17, 15) is 4.79 Å². The van der Waals surface area contributed by atoms with Crippen molar-refractivity contribution < 1.29 is 4.79 Å². The minimum atomic E-state index is 0.154. The quantitative estimate of drug-likeness (QED) is 0.839. The summed E-state index contributed by atoms with van der Waals surface area (Å²) < 4.78 is 0. The van der Waals surface area contributed by atoms with Crippen molar-refractivity contribution in [3.8, 4) is 0 Å². The van der Waals surface area contributed by atoms with Gasteiger partial charge in [-0.1, -0.05) is 6.07 Å². The molecule has 1 amide bonds. The highest BCUT2D eigenvalue weighted by Gasteiger charge is 2.19. The molecule has 88 valence electrons. The van der Waals surface area contributed by atoms with Crippen molar-refractivity contribution in [3.63, 3.8) is 0 Å². The van der Waals surface area contributed by atoms with Crippen molar-refractivity contribution in [3.05, 3.63) is 22.4 Å². The standard InChI is InChI=1S/C12H18N2OS/c1-9-7-10(4-5-13-9)14-12(15)8-11-3-2-6-16-11/h2-3,6,9-10,13H,4-5,7-8H2,1H3,(H,14,15). The predicted octanol–water partition coefficient (Wildman–Crippen LogP) is 1.55. The molecule has 4 heteroatoms. The molecule has 2 rings (SSSR count). The Labute approximate surface area is 100 Å². The first kappa shape index (κ1) is 11.6. The molecule has 1 aromatic rings. The number of carbonyl (C=O) groups excluding carboxylic acids is 1. The molecule has 1 aromatic heterocycles. The van der Waals surface area contributed by atoms with Crippen LogP contribution < -0.4 is 10.6 Å². The fourth-order valence-electron chi connectivity index (χ4n) is 2.11. The van der Waals surface area contributed by atoms with E-state index in [0.717, 1.165) is 24.3 Å². The zero-order chi connectivity index (χ0) is 11.4. The molecule has 0 spiro atoms. The molecule has 3 nitrogen and oxygen atoms in total. The molecule has 1 aliphatic rings. The van der Waals surface area contributed by atoms with Gasteiger partial charge in [0.25, 0.3) is 0 Å². The van der Waals surface area contributed by atoms with E-state index in [2.05, 4.69) is 17.6 Å². The Bertz CT molecular complexity index is 337. The number of hydrogen-bond acceptors (Lipinski definition) is 3. The molecule has 0 aliphatic carbocycles. The van der Waals surface area contributed by atoms with E-state index in [0.29, 0.717) is 18.5 Å². The van der Waals surface area contributed by atoms with Crippen molar-refractivity contribution in [1.29, 1.82) is 0 Å². The summed E-state index contributed by atoms with van der Waals surface area (Å²) in [5.74, 6) is 0.154. The maximum atomic E-state index is 11.8. The number of nitrogens with one attached hydrogen (secondary N) is 2. The Morgan fingerprint density at radius 2 is 2.56 bits per heavy atom. The van der Waals surface area contributed by atoms with Crippen LogP contribution in [0.15, 0.2) is 17.5 Å². The van der Waals surface area contributed by atoms with E-state index < -0.39 is 0 Å². The monoisotopic (exact) mass is 238 g/mol. The molecular weight excluding hydrogens is 220 g/mol. The van der Waals surface area contributed by atoms with E-state index in [4.69, 9.17) is 0 Å². The Kier molecular flexibility index (Phi) is 3.96. The lowest BCUT2D eigenvalue weighted by molar-refractivity contribution is -0.121. The van der Waals surface area contributed by atoms with Crippen LogP contribution >= 0.6 is 11.3 Å². The first-order valence-corrected chi connectivity index (χ1v) is 6.67. The number of piperidine rings is 1. The van der Waals surface area contributed by atoms with Gasteiger partial charge in [0, 0.05) is 17.0 Å². The summed E-state index contributed by atoms with van der Waals surface area (Å²) in [6.07, 6.45) is 2.60. The summed E-state index contributed by atoms with van der Waals surface area (Å²) in [5, 5.41) is 8.51. The smallest absolute Gasteiger partial charge is 0.225 e. The Hall–Kier alpha value is -0.870. The fourth-order valence-corrected chi connectivity index (χ4v) is 2.82. The Morgan fingerprint density at radius 1 is 1.69 bits per heavy atom. The summed E-state index contributed by atoms with van der Waals surface area (Å²) in [7, 11) is 0. The second-order valence-corrected chi connectivity index (χ2v) is 5.43. The highest BCUT2D eigenvalue weighted by atomic mass is 32.1. The van der Waals surface area contributed by atoms with Crippen molar-refractivity contribution in [2.24, 2.45) is 0 Å². The van der Waals surface area contributed by atoms with Crippen LogP contribution in [0, 0.1) is 0 Å². The lowest BCUT2D eigenvalue weighted by Gasteiger charge is -2.28. The second-order valence-electron chi connectivity index (χ2n) is 4.40. The molecule has 1 fully saturated rings. The van der Waals surface area contributed by atoms with Crippen LogP contribution in [0.3, 0.4) is 0 Å². The highest BCUT2D eigenvalue weighted by molar-refractivity contribution is 7.10. The third-order valence-electron chi connectivity index (χ3n) is 2.90. The average Bonchev–Trinajstić information content (AvgIpc) is 2.70. The van der Waals surface area contributed by atoms with Crippen LogP contribution in [-0.2, 0) is 11.2 Å². The minimum Gasteiger partial charge on any atom is -0.353 e. The van der Waals surface area contributed by atoms with Crippen LogP contribution in [-0.4, -0.2) is 24.5 Å². The molecular formula is C12H18N2OS. The molecule has 16 heavy (non-hydrogen) atoms.